The molecule has 10 rings (SSSR count). The fourth-order valence-electron chi connectivity index (χ4n) is 9.18. The molecule has 0 spiro atoms. The number of carbonyl (C=O) groups is 2. The molecule has 12 heteroatoms. The lowest BCUT2D eigenvalue weighted by Crippen LogP contribution is -2.36. The molecular formula is C44H58N6O6. The van der Waals surface area contributed by atoms with Crippen LogP contribution in [0.25, 0.3) is 22.1 Å². The lowest BCUT2D eigenvalue weighted by Gasteiger charge is -2.28. The smallest absolute Gasteiger partial charge is 0.304 e. The Morgan fingerprint density at radius 3 is 1.59 bits per heavy atom. The molecule has 0 N–H and O–H groups in total. The Morgan fingerprint density at radius 1 is 0.643 bits per heavy atom. The van der Waals surface area contributed by atoms with E-state index in [0.29, 0.717) is 35.7 Å². The van der Waals surface area contributed by atoms with Crippen LogP contribution >= 0.6 is 0 Å². The van der Waals surface area contributed by atoms with E-state index in [9.17, 15) is 9.59 Å². The van der Waals surface area contributed by atoms with E-state index in [1.54, 1.807) is 23.4 Å². The summed E-state index contributed by atoms with van der Waals surface area (Å²) in [5.41, 5.74) is 6.43. The number of hydrogen-bond acceptors (Lipinski definition) is 10. The molecule has 0 radical (unpaired) electrons. The predicted molar refractivity (Wildman–Crippen MR) is 216 cm³/mol. The summed E-state index contributed by atoms with van der Waals surface area (Å²) in [6, 6.07) is 13.1. The van der Waals surface area contributed by atoms with Crippen LogP contribution in [-0.2, 0) is 9.47 Å². The molecule has 6 fully saturated rings. The zero-order chi connectivity index (χ0) is 38.3. The van der Waals surface area contributed by atoms with Crippen LogP contribution in [0.4, 0.5) is 11.4 Å². The molecule has 0 atom stereocenters. The largest absolute Gasteiger partial charge is 0.468 e. The first-order valence-corrected chi connectivity index (χ1v) is 21.2. The summed E-state index contributed by atoms with van der Waals surface area (Å²) in [5, 5.41) is 0. The Labute approximate surface area is 329 Å². The fourth-order valence-corrected chi connectivity index (χ4v) is 9.18. The number of fused-ring (bicyclic) bond motifs is 2. The molecule has 4 aliphatic carbocycles. The van der Waals surface area contributed by atoms with Crippen molar-refractivity contribution < 1.29 is 28.5 Å². The number of nitrogens with zero attached hydrogens (tertiary/aromatic N) is 6. The van der Waals surface area contributed by atoms with Gasteiger partial charge >= 0.3 is 12.0 Å². The highest BCUT2D eigenvalue weighted by Crippen LogP contribution is 2.58. The second-order valence-corrected chi connectivity index (χ2v) is 17.5. The van der Waals surface area contributed by atoms with Gasteiger partial charge in [-0.3, -0.25) is 9.59 Å². The molecule has 4 saturated carbocycles. The van der Waals surface area contributed by atoms with Gasteiger partial charge in [-0.1, -0.05) is 25.7 Å². The minimum Gasteiger partial charge on any atom is -0.468 e. The van der Waals surface area contributed by atoms with Gasteiger partial charge in [0, 0.05) is 50.4 Å². The van der Waals surface area contributed by atoms with Crippen LogP contribution in [0.5, 0.6) is 12.0 Å². The lowest BCUT2D eigenvalue weighted by atomic mass is 9.93. The number of rotatable bonds is 14. The minimum absolute atomic E-state index is 0.0977. The molecule has 4 aromatic rings. The van der Waals surface area contributed by atoms with Crippen LogP contribution in [0.15, 0.2) is 36.4 Å². The van der Waals surface area contributed by atoms with Gasteiger partial charge < -0.3 is 28.7 Å². The van der Waals surface area contributed by atoms with Crippen molar-refractivity contribution in [1.82, 2.24) is 19.1 Å². The molecule has 0 unspecified atom stereocenters. The van der Waals surface area contributed by atoms with Crippen LogP contribution in [-0.4, -0.2) is 97.7 Å². The maximum absolute atomic E-state index is 13.2. The van der Waals surface area contributed by atoms with Crippen molar-refractivity contribution in [1.29, 1.82) is 0 Å². The highest BCUT2D eigenvalue weighted by molar-refractivity contribution is 5.94. The topological polar surface area (TPSA) is 113 Å². The van der Waals surface area contributed by atoms with Gasteiger partial charge in [0.2, 0.25) is 11.8 Å². The summed E-state index contributed by atoms with van der Waals surface area (Å²) in [6.07, 6.45) is 16.5. The summed E-state index contributed by atoms with van der Waals surface area (Å²) in [4.78, 5) is 40.0. The van der Waals surface area contributed by atoms with Crippen molar-refractivity contribution in [3.05, 3.63) is 36.4 Å². The Balaban J connectivity index is 0.000000146. The zero-order valence-corrected chi connectivity index (χ0v) is 33.3. The third-order valence-electron chi connectivity index (χ3n) is 13.3. The minimum atomic E-state index is 0.0977. The van der Waals surface area contributed by atoms with Crippen LogP contribution < -0.4 is 19.3 Å². The first-order valence-electron chi connectivity index (χ1n) is 21.2. The van der Waals surface area contributed by atoms with Crippen molar-refractivity contribution >= 4 is 45.3 Å². The summed E-state index contributed by atoms with van der Waals surface area (Å²) >= 11 is 0. The number of morpholine rings is 2. The predicted octanol–water partition coefficient (Wildman–Crippen LogP) is 7.76. The maximum atomic E-state index is 13.2. The van der Waals surface area contributed by atoms with E-state index in [2.05, 4.69) is 44.0 Å². The lowest BCUT2D eigenvalue weighted by molar-refractivity contribution is 0.0874. The number of anilines is 2. The van der Waals surface area contributed by atoms with Crippen molar-refractivity contribution in [2.45, 2.75) is 89.9 Å². The van der Waals surface area contributed by atoms with E-state index in [4.69, 9.17) is 18.9 Å². The molecule has 300 valence electrons. The highest BCUT2D eigenvalue weighted by atomic mass is 16.5. The SMILES string of the molecule is COc1nc2cc(N3CCOCC3)ccc2n1C(=O)CCC1(CC2CC2)CC1.COc1nc2ccc(N3CCOCC3)cc2n1C(=O)CCC1(CC2CC2)CC1. The molecule has 2 aromatic carbocycles. The number of aromatic nitrogens is 4. The summed E-state index contributed by atoms with van der Waals surface area (Å²) in [7, 11) is 3.17. The third kappa shape index (κ3) is 8.28. The number of imidazole rings is 2. The normalized spacial score (nSPS) is 21.1. The molecule has 2 saturated heterocycles. The summed E-state index contributed by atoms with van der Waals surface area (Å²) in [5.74, 6) is 2.05. The van der Waals surface area contributed by atoms with E-state index in [0.717, 1.165) is 111 Å². The molecule has 56 heavy (non-hydrogen) atoms. The number of ether oxygens (including phenoxy) is 4. The number of hydrogen-bond donors (Lipinski definition) is 0. The number of methoxy groups -OCH3 is 2. The molecule has 0 bridgehead atoms. The van der Waals surface area contributed by atoms with Gasteiger partial charge in [-0.05, 0) is 110 Å². The standard InChI is InChI=1S/2C22H29N3O3/c1-27-21-23-18-14-17(24-10-12-28-13-11-24)4-5-19(18)25(21)20(26)6-7-22(8-9-22)15-16-2-3-16;1-27-21-23-18-5-4-17(24-10-12-28-13-11-24)14-19(18)25(21)20(26)6-7-22(8-9-22)15-16-2-3-16/h2*4-5,14,16H,2-3,6-13,15H2,1H3. The zero-order valence-electron chi connectivity index (χ0n) is 33.3. The Kier molecular flexibility index (Phi) is 10.5. The van der Waals surface area contributed by atoms with Crippen LogP contribution in [0.1, 0.15) is 99.5 Å². The number of benzene rings is 2. The highest BCUT2D eigenvalue weighted by Gasteiger charge is 2.47. The van der Waals surface area contributed by atoms with Gasteiger partial charge in [0.1, 0.15) is 0 Å². The first kappa shape index (κ1) is 37.4. The summed E-state index contributed by atoms with van der Waals surface area (Å²) < 4.78 is 25.2. The molecule has 12 nitrogen and oxygen atoms in total. The van der Waals surface area contributed by atoms with E-state index >= 15 is 0 Å². The monoisotopic (exact) mass is 766 g/mol. The Bertz CT molecular complexity index is 2040. The van der Waals surface area contributed by atoms with Gasteiger partial charge in [0.15, 0.2) is 0 Å². The van der Waals surface area contributed by atoms with Crippen molar-refractivity contribution in [3.63, 3.8) is 0 Å². The van der Waals surface area contributed by atoms with E-state index in [1.807, 2.05) is 12.1 Å². The van der Waals surface area contributed by atoms with Gasteiger partial charge in [-0.25, -0.2) is 9.13 Å². The molecule has 6 aliphatic rings. The van der Waals surface area contributed by atoms with Gasteiger partial charge in [0.05, 0.1) is 62.7 Å². The maximum Gasteiger partial charge on any atom is 0.304 e. The second-order valence-electron chi connectivity index (χ2n) is 17.5. The van der Waals surface area contributed by atoms with Crippen molar-refractivity contribution in [3.8, 4) is 12.0 Å². The quantitative estimate of drug-likeness (QED) is 0.126. The molecule has 2 aromatic heterocycles. The van der Waals surface area contributed by atoms with E-state index in [1.165, 1.54) is 64.2 Å². The Morgan fingerprint density at radius 2 is 1.11 bits per heavy atom. The van der Waals surface area contributed by atoms with E-state index in [-0.39, 0.29) is 11.8 Å². The second kappa shape index (κ2) is 15.6. The van der Waals surface area contributed by atoms with Crippen molar-refractivity contribution in [2.75, 3.05) is 76.6 Å². The van der Waals surface area contributed by atoms with Gasteiger partial charge in [0.25, 0.3) is 0 Å². The van der Waals surface area contributed by atoms with E-state index < -0.39 is 0 Å². The summed E-state index contributed by atoms with van der Waals surface area (Å²) in [6.45, 7) is 6.47. The first-order chi connectivity index (χ1) is 27.3. The van der Waals surface area contributed by atoms with Crippen molar-refractivity contribution in [2.24, 2.45) is 22.7 Å². The molecular weight excluding hydrogens is 709 g/mol. The average molecular weight is 767 g/mol. The number of carbonyl (C=O) groups excluding carboxylic acids is 2. The van der Waals surface area contributed by atoms with Crippen LogP contribution in [0.2, 0.25) is 0 Å². The fraction of sp³-hybridized carbons (Fsp3) is 0.636. The molecule has 0 amide bonds. The van der Waals surface area contributed by atoms with Gasteiger partial charge in [-0.2, -0.15) is 9.97 Å². The van der Waals surface area contributed by atoms with Crippen LogP contribution in [0.3, 0.4) is 0 Å². The van der Waals surface area contributed by atoms with Crippen LogP contribution in [0, 0.1) is 22.7 Å². The van der Waals surface area contributed by atoms with Gasteiger partial charge in [-0.15, -0.1) is 0 Å². The third-order valence-corrected chi connectivity index (χ3v) is 13.3. The Hall–Kier alpha value is -4.16. The average Bonchev–Trinajstić information content (AvgIpc) is 4.06. The molecule has 2 aliphatic heterocycles. The molecule has 4 heterocycles.